The van der Waals surface area contributed by atoms with Crippen molar-refractivity contribution in [3.05, 3.63) is 23.5 Å². The van der Waals surface area contributed by atoms with Crippen LogP contribution in [0.3, 0.4) is 0 Å². The third-order valence-electron chi connectivity index (χ3n) is 5.18. The van der Waals surface area contributed by atoms with Gasteiger partial charge >= 0.3 is 6.18 Å². The van der Waals surface area contributed by atoms with E-state index in [1.54, 1.807) is 26.0 Å². The number of aromatic nitrogens is 2. The van der Waals surface area contributed by atoms with Gasteiger partial charge in [0.15, 0.2) is 0 Å². The van der Waals surface area contributed by atoms with Gasteiger partial charge in [0.05, 0.1) is 18.2 Å². The topological polar surface area (TPSA) is 69.0 Å². The number of halogens is 4. The number of ether oxygens (including phenoxy) is 2. The molecule has 2 aromatic rings. The number of benzene rings is 1. The number of unbranched alkanes of at least 4 members (excludes halogenated alkanes) is 1. The average Bonchev–Trinajstić information content (AvgIpc) is 3.19. The SMILES string of the molecule is COCn1c(C(F)(F)F)nc2c(C3=NN(CCCCBr)C(=O)C3(C)C)ccc(OC)c21. The summed E-state index contributed by atoms with van der Waals surface area (Å²) in [6, 6.07) is 3.16. The number of hydrazone groups is 1. The van der Waals surface area contributed by atoms with Crippen molar-refractivity contribution in [2.75, 3.05) is 26.1 Å². The van der Waals surface area contributed by atoms with E-state index in [2.05, 4.69) is 26.0 Å². The summed E-state index contributed by atoms with van der Waals surface area (Å²) in [5.41, 5.74) is -0.0832. The summed E-state index contributed by atoms with van der Waals surface area (Å²) in [6.07, 6.45) is -3.08. The van der Waals surface area contributed by atoms with Crippen molar-refractivity contribution < 1.29 is 27.4 Å². The van der Waals surface area contributed by atoms with E-state index in [0.717, 1.165) is 22.7 Å². The number of fused-ring (bicyclic) bond motifs is 1. The lowest BCUT2D eigenvalue weighted by Crippen LogP contribution is -2.35. The van der Waals surface area contributed by atoms with Crippen LogP contribution in [0, 0.1) is 5.41 Å². The molecule has 1 aliphatic heterocycles. The average molecular weight is 505 g/mol. The molecule has 0 bridgehead atoms. The van der Waals surface area contributed by atoms with Crippen LogP contribution in [0.4, 0.5) is 13.2 Å². The monoisotopic (exact) mass is 504 g/mol. The lowest BCUT2D eigenvalue weighted by atomic mass is 9.83. The van der Waals surface area contributed by atoms with Gasteiger partial charge in [0.1, 0.15) is 23.5 Å². The summed E-state index contributed by atoms with van der Waals surface area (Å²) < 4.78 is 52.4. The Bertz CT molecular complexity index is 1020. The molecule has 31 heavy (non-hydrogen) atoms. The highest BCUT2D eigenvalue weighted by molar-refractivity contribution is 9.09. The Balaban J connectivity index is 2.23. The van der Waals surface area contributed by atoms with Crippen LogP contribution >= 0.6 is 15.9 Å². The number of nitrogens with zero attached hydrogens (tertiary/aromatic N) is 4. The highest BCUT2D eigenvalue weighted by Gasteiger charge is 2.45. The molecule has 0 fully saturated rings. The van der Waals surface area contributed by atoms with Crippen LogP contribution in [0.1, 0.15) is 38.1 Å². The van der Waals surface area contributed by atoms with Crippen molar-refractivity contribution in [2.45, 2.75) is 39.6 Å². The quantitative estimate of drug-likeness (QED) is 0.394. The minimum absolute atomic E-state index is 0.0608. The molecule has 11 heteroatoms. The first-order chi connectivity index (χ1) is 14.6. The van der Waals surface area contributed by atoms with Crippen LogP contribution in [-0.4, -0.2) is 52.3 Å². The molecule has 170 valence electrons. The van der Waals surface area contributed by atoms with E-state index in [9.17, 15) is 18.0 Å². The number of hydrogen-bond donors (Lipinski definition) is 0. The maximum atomic E-state index is 13.7. The van der Waals surface area contributed by atoms with Crippen molar-refractivity contribution >= 4 is 38.6 Å². The Labute approximate surface area is 186 Å². The van der Waals surface area contributed by atoms with Crippen LogP contribution < -0.4 is 4.74 Å². The van der Waals surface area contributed by atoms with Crippen molar-refractivity contribution in [3.8, 4) is 5.75 Å². The summed E-state index contributed by atoms with van der Waals surface area (Å²) >= 11 is 3.36. The zero-order valence-corrected chi connectivity index (χ0v) is 19.3. The molecule has 0 saturated heterocycles. The van der Waals surface area contributed by atoms with Gasteiger partial charge < -0.3 is 9.47 Å². The number of amides is 1. The van der Waals surface area contributed by atoms with Crippen LogP contribution in [0.25, 0.3) is 11.0 Å². The fourth-order valence-electron chi connectivity index (χ4n) is 3.65. The van der Waals surface area contributed by atoms with Gasteiger partial charge in [-0.2, -0.15) is 18.3 Å². The van der Waals surface area contributed by atoms with Gasteiger partial charge in [-0.3, -0.25) is 9.36 Å². The molecule has 0 spiro atoms. The van der Waals surface area contributed by atoms with E-state index < -0.39 is 17.4 Å². The molecule has 1 aromatic heterocycles. The molecule has 1 amide bonds. The van der Waals surface area contributed by atoms with Gasteiger partial charge in [-0.1, -0.05) is 15.9 Å². The molecule has 0 radical (unpaired) electrons. The number of carbonyl (C=O) groups excluding carboxylic acids is 1. The fourth-order valence-corrected chi connectivity index (χ4v) is 4.04. The third kappa shape index (κ3) is 4.17. The second kappa shape index (κ2) is 8.78. The number of alkyl halides is 4. The van der Waals surface area contributed by atoms with E-state index in [1.165, 1.54) is 19.2 Å². The lowest BCUT2D eigenvalue weighted by Gasteiger charge is -2.20. The van der Waals surface area contributed by atoms with Crippen molar-refractivity contribution in [3.63, 3.8) is 0 Å². The second-order valence-corrected chi connectivity index (χ2v) is 8.48. The molecule has 0 atom stereocenters. The first-order valence-electron chi connectivity index (χ1n) is 9.68. The standard InChI is InChI=1S/C20H24BrF3N4O3/c1-19(2)16(26-28(18(19)29)10-6-5-9-21)12-7-8-13(31-4)15-14(12)25-17(20(22,23)24)27(15)11-30-3/h7-8H,5-6,9-11H2,1-4H3. The zero-order valence-electron chi connectivity index (χ0n) is 17.7. The molecule has 7 nitrogen and oxygen atoms in total. The molecular weight excluding hydrogens is 481 g/mol. The molecule has 0 saturated carbocycles. The van der Waals surface area contributed by atoms with Crippen molar-refractivity contribution in [1.29, 1.82) is 0 Å². The Morgan fingerprint density at radius 3 is 2.48 bits per heavy atom. The van der Waals surface area contributed by atoms with Gasteiger partial charge in [0.25, 0.3) is 5.91 Å². The molecule has 2 heterocycles. The van der Waals surface area contributed by atoms with Crippen molar-refractivity contribution in [2.24, 2.45) is 10.5 Å². The summed E-state index contributed by atoms with van der Waals surface area (Å²) in [6.45, 7) is 3.50. The lowest BCUT2D eigenvalue weighted by molar-refractivity contribution is -0.148. The highest BCUT2D eigenvalue weighted by Crippen LogP contribution is 2.40. The Morgan fingerprint density at radius 1 is 1.19 bits per heavy atom. The van der Waals surface area contributed by atoms with E-state index in [0.29, 0.717) is 17.8 Å². The van der Waals surface area contributed by atoms with E-state index in [4.69, 9.17) is 9.47 Å². The molecule has 0 aliphatic carbocycles. The van der Waals surface area contributed by atoms with E-state index in [-0.39, 0.29) is 29.4 Å². The van der Waals surface area contributed by atoms with Gasteiger partial charge in [0.2, 0.25) is 5.82 Å². The first kappa shape index (κ1) is 23.5. The Hall–Kier alpha value is -2.14. The van der Waals surface area contributed by atoms with Gasteiger partial charge in [-0.05, 0) is 38.8 Å². The molecule has 3 rings (SSSR count). The number of rotatable bonds is 8. The number of imidazole rings is 1. The Morgan fingerprint density at radius 2 is 1.90 bits per heavy atom. The zero-order chi connectivity index (χ0) is 23.0. The van der Waals surface area contributed by atoms with Crippen LogP contribution in [-0.2, 0) is 22.4 Å². The number of carbonyl (C=O) groups is 1. The summed E-state index contributed by atoms with van der Waals surface area (Å²) in [4.78, 5) is 16.9. The van der Waals surface area contributed by atoms with E-state index >= 15 is 0 Å². The molecular formula is C20H24BrF3N4O3. The first-order valence-corrected chi connectivity index (χ1v) is 10.8. The minimum atomic E-state index is -4.70. The second-order valence-electron chi connectivity index (χ2n) is 7.69. The number of methoxy groups -OCH3 is 2. The van der Waals surface area contributed by atoms with Crippen LogP contribution in [0.15, 0.2) is 17.2 Å². The molecule has 0 N–H and O–H groups in total. The smallest absolute Gasteiger partial charge is 0.449 e. The molecule has 1 aliphatic rings. The van der Waals surface area contributed by atoms with Gasteiger partial charge in [-0.15, -0.1) is 0 Å². The highest BCUT2D eigenvalue weighted by atomic mass is 79.9. The Kier molecular flexibility index (Phi) is 6.66. The van der Waals surface area contributed by atoms with Crippen LogP contribution in [0.5, 0.6) is 5.75 Å². The predicted molar refractivity (Wildman–Crippen MR) is 113 cm³/mol. The summed E-state index contributed by atoms with van der Waals surface area (Å²) in [7, 11) is 2.67. The minimum Gasteiger partial charge on any atom is -0.494 e. The largest absolute Gasteiger partial charge is 0.494 e. The summed E-state index contributed by atoms with van der Waals surface area (Å²) in [5.74, 6) is -1.09. The predicted octanol–water partition coefficient (Wildman–Crippen LogP) is 4.42. The van der Waals surface area contributed by atoms with Crippen molar-refractivity contribution in [1.82, 2.24) is 14.6 Å². The normalized spacial score (nSPS) is 16.3. The molecule has 0 unspecified atom stereocenters. The van der Waals surface area contributed by atoms with E-state index in [1.807, 2.05) is 0 Å². The van der Waals surface area contributed by atoms with Crippen LogP contribution in [0.2, 0.25) is 0 Å². The third-order valence-corrected chi connectivity index (χ3v) is 5.74. The van der Waals surface area contributed by atoms with Gasteiger partial charge in [-0.25, -0.2) is 9.99 Å². The number of hydrogen-bond acceptors (Lipinski definition) is 5. The maximum Gasteiger partial charge on any atom is 0.449 e. The molecule has 1 aromatic carbocycles. The maximum absolute atomic E-state index is 13.7. The summed E-state index contributed by atoms with van der Waals surface area (Å²) in [5, 5.41) is 6.70. The van der Waals surface area contributed by atoms with Gasteiger partial charge in [0, 0.05) is 24.5 Å². The fraction of sp³-hybridized carbons (Fsp3) is 0.550.